The Morgan fingerprint density at radius 3 is 1.20 bits per heavy atom. The second kappa shape index (κ2) is 8.14. The SMILES string of the molecule is [O]CCO.c1ccccc1. The minimum Gasteiger partial charge on any atom is -0.394 e. The van der Waals surface area contributed by atoms with Crippen LogP contribution in [0.5, 0.6) is 0 Å². The van der Waals surface area contributed by atoms with E-state index in [4.69, 9.17) is 10.2 Å². The van der Waals surface area contributed by atoms with Crippen molar-refractivity contribution in [3.05, 3.63) is 36.4 Å². The molecule has 1 radical (unpaired) electrons. The van der Waals surface area contributed by atoms with E-state index in [1.165, 1.54) is 0 Å². The third-order valence-corrected chi connectivity index (χ3v) is 0.758. The first kappa shape index (κ1) is 9.14. The molecular weight excluding hydrogens is 128 g/mol. The fourth-order valence-corrected chi connectivity index (χ4v) is 0.385. The van der Waals surface area contributed by atoms with E-state index in [9.17, 15) is 0 Å². The maximum Gasteiger partial charge on any atom is 0.105 e. The average Bonchev–Trinajstić information content (AvgIpc) is 2.08. The zero-order valence-electron chi connectivity index (χ0n) is 5.73. The highest BCUT2D eigenvalue weighted by molar-refractivity contribution is 4.99. The molecule has 0 saturated carbocycles. The molecule has 0 saturated heterocycles. The van der Waals surface area contributed by atoms with Crippen LogP contribution in [0, 0.1) is 0 Å². The van der Waals surface area contributed by atoms with Gasteiger partial charge in [-0.25, -0.2) is 5.11 Å². The van der Waals surface area contributed by atoms with Crippen LogP contribution in [0.15, 0.2) is 36.4 Å². The van der Waals surface area contributed by atoms with E-state index < -0.39 is 0 Å². The molecule has 0 unspecified atom stereocenters. The summed E-state index contributed by atoms with van der Waals surface area (Å²) in [6.07, 6.45) is 0. The average molecular weight is 139 g/mol. The highest BCUT2D eigenvalue weighted by atomic mass is 16.3. The van der Waals surface area contributed by atoms with E-state index in [2.05, 4.69) is 0 Å². The van der Waals surface area contributed by atoms with Crippen molar-refractivity contribution in [1.82, 2.24) is 0 Å². The van der Waals surface area contributed by atoms with Crippen molar-refractivity contribution >= 4 is 0 Å². The number of benzene rings is 1. The lowest BCUT2D eigenvalue weighted by molar-refractivity contribution is 0.127. The van der Waals surface area contributed by atoms with E-state index in [-0.39, 0.29) is 13.2 Å². The molecular formula is C8H11O2. The minimum absolute atomic E-state index is 0.236. The van der Waals surface area contributed by atoms with E-state index in [1.54, 1.807) is 0 Å². The summed E-state index contributed by atoms with van der Waals surface area (Å²) in [5.41, 5.74) is 0. The van der Waals surface area contributed by atoms with Crippen LogP contribution in [0.4, 0.5) is 0 Å². The van der Waals surface area contributed by atoms with Crippen LogP contribution < -0.4 is 0 Å². The number of rotatable bonds is 1. The third-order valence-electron chi connectivity index (χ3n) is 0.758. The smallest absolute Gasteiger partial charge is 0.105 e. The number of aliphatic hydroxyl groups is 1. The van der Waals surface area contributed by atoms with Gasteiger partial charge in [0, 0.05) is 0 Å². The van der Waals surface area contributed by atoms with Gasteiger partial charge in [-0.3, -0.25) is 0 Å². The molecule has 2 nitrogen and oxygen atoms in total. The second-order valence-corrected chi connectivity index (χ2v) is 1.58. The second-order valence-electron chi connectivity index (χ2n) is 1.58. The van der Waals surface area contributed by atoms with Crippen LogP contribution in [0.3, 0.4) is 0 Å². The first-order valence-corrected chi connectivity index (χ1v) is 3.10. The predicted octanol–water partition coefficient (Wildman–Crippen LogP) is 1.10. The van der Waals surface area contributed by atoms with Gasteiger partial charge in [0.15, 0.2) is 0 Å². The maximum absolute atomic E-state index is 9.05. The molecule has 2 heteroatoms. The van der Waals surface area contributed by atoms with Crippen molar-refractivity contribution in [3.8, 4) is 0 Å². The fourth-order valence-electron chi connectivity index (χ4n) is 0.385. The molecule has 1 rings (SSSR count). The standard InChI is InChI=1S/C6H6.C2H5O2/c1-2-4-6-5-3-1;3-1-2-4/h1-6H;3H,1-2H2. The van der Waals surface area contributed by atoms with Gasteiger partial charge in [0.2, 0.25) is 0 Å². The molecule has 1 aromatic carbocycles. The van der Waals surface area contributed by atoms with Crippen molar-refractivity contribution < 1.29 is 10.2 Å². The number of hydrogen-bond acceptors (Lipinski definition) is 1. The van der Waals surface area contributed by atoms with Crippen LogP contribution in [-0.2, 0) is 5.11 Å². The van der Waals surface area contributed by atoms with Crippen molar-refractivity contribution in [2.45, 2.75) is 0 Å². The summed E-state index contributed by atoms with van der Waals surface area (Å²) < 4.78 is 0. The van der Waals surface area contributed by atoms with Crippen LogP contribution in [0.25, 0.3) is 0 Å². The summed E-state index contributed by atoms with van der Waals surface area (Å²) in [5.74, 6) is 0. The molecule has 0 heterocycles. The zero-order chi connectivity index (χ0) is 7.66. The summed E-state index contributed by atoms with van der Waals surface area (Å²) in [6, 6.07) is 12.0. The molecule has 0 amide bonds. The lowest BCUT2D eigenvalue weighted by Gasteiger charge is -1.69. The third kappa shape index (κ3) is 7.14. The van der Waals surface area contributed by atoms with Crippen LogP contribution in [0.1, 0.15) is 0 Å². The highest BCUT2D eigenvalue weighted by Crippen LogP contribution is 1.79. The molecule has 0 aliphatic carbocycles. The molecule has 1 aromatic rings. The highest BCUT2D eigenvalue weighted by Gasteiger charge is 1.61. The molecule has 0 fully saturated rings. The van der Waals surface area contributed by atoms with Gasteiger partial charge in [0.1, 0.15) is 6.61 Å². The van der Waals surface area contributed by atoms with Gasteiger partial charge < -0.3 is 5.11 Å². The van der Waals surface area contributed by atoms with Crippen molar-refractivity contribution in [2.75, 3.05) is 13.2 Å². The van der Waals surface area contributed by atoms with Crippen LogP contribution >= 0.6 is 0 Å². The Morgan fingerprint density at radius 1 is 0.900 bits per heavy atom. The Morgan fingerprint density at radius 2 is 1.10 bits per heavy atom. The Balaban J connectivity index is 0.000000180. The van der Waals surface area contributed by atoms with Gasteiger partial charge in [0.25, 0.3) is 0 Å². The Bertz CT molecular complexity index is 99.2. The first-order chi connectivity index (χ1) is 4.91. The molecule has 0 bridgehead atoms. The van der Waals surface area contributed by atoms with Gasteiger partial charge in [-0.15, -0.1) is 0 Å². The number of hydrogen-bond donors (Lipinski definition) is 1. The minimum atomic E-state index is -0.375. The summed E-state index contributed by atoms with van der Waals surface area (Å²) in [6.45, 7) is -0.611. The lowest BCUT2D eigenvalue weighted by Crippen LogP contribution is -1.82. The van der Waals surface area contributed by atoms with Crippen molar-refractivity contribution in [3.63, 3.8) is 0 Å². The Labute approximate surface area is 60.8 Å². The molecule has 0 aromatic heterocycles. The van der Waals surface area contributed by atoms with Crippen LogP contribution in [0.2, 0.25) is 0 Å². The molecule has 0 atom stereocenters. The Hall–Kier alpha value is -0.860. The van der Waals surface area contributed by atoms with Gasteiger partial charge in [0.05, 0.1) is 6.61 Å². The summed E-state index contributed by atoms with van der Waals surface area (Å²) in [7, 11) is 0. The lowest BCUT2D eigenvalue weighted by atomic mass is 10.4. The predicted molar refractivity (Wildman–Crippen MR) is 39.1 cm³/mol. The van der Waals surface area contributed by atoms with E-state index in [0.29, 0.717) is 0 Å². The topological polar surface area (TPSA) is 40.1 Å². The first-order valence-electron chi connectivity index (χ1n) is 3.10. The summed E-state index contributed by atoms with van der Waals surface area (Å²) in [5, 5.41) is 16.6. The van der Waals surface area contributed by atoms with Crippen molar-refractivity contribution in [1.29, 1.82) is 0 Å². The maximum atomic E-state index is 9.05. The molecule has 0 aliphatic heterocycles. The van der Waals surface area contributed by atoms with E-state index in [1.807, 2.05) is 36.4 Å². The molecule has 0 spiro atoms. The molecule has 10 heavy (non-hydrogen) atoms. The van der Waals surface area contributed by atoms with Gasteiger partial charge in [-0.1, -0.05) is 36.4 Å². The largest absolute Gasteiger partial charge is 0.394 e. The summed E-state index contributed by atoms with van der Waals surface area (Å²) in [4.78, 5) is 0. The van der Waals surface area contributed by atoms with E-state index in [0.717, 1.165) is 0 Å². The van der Waals surface area contributed by atoms with E-state index >= 15 is 0 Å². The van der Waals surface area contributed by atoms with Crippen LogP contribution in [-0.4, -0.2) is 18.3 Å². The molecule has 1 N–H and O–H groups in total. The molecule has 55 valence electrons. The number of aliphatic hydroxyl groups excluding tert-OH is 1. The zero-order valence-corrected chi connectivity index (χ0v) is 5.73. The molecule has 0 aliphatic rings. The monoisotopic (exact) mass is 139 g/mol. The summed E-state index contributed by atoms with van der Waals surface area (Å²) >= 11 is 0. The van der Waals surface area contributed by atoms with Crippen molar-refractivity contribution in [2.24, 2.45) is 0 Å². The fraction of sp³-hybridized carbons (Fsp3) is 0.250. The van der Waals surface area contributed by atoms with Gasteiger partial charge in [-0.2, -0.15) is 0 Å². The van der Waals surface area contributed by atoms with Gasteiger partial charge in [-0.05, 0) is 0 Å². The van der Waals surface area contributed by atoms with Gasteiger partial charge >= 0.3 is 0 Å². The Kier molecular flexibility index (Phi) is 7.44. The quantitative estimate of drug-likeness (QED) is 0.621. The normalized spacial score (nSPS) is 7.80.